The predicted molar refractivity (Wildman–Crippen MR) is 62.2 cm³/mol. The molecule has 17 heavy (non-hydrogen) atoms. The van der Waals surface area contributed by atoms with Gasteiger partial charge in [-0.1, -0.05) is 0 Å². The van der Waals surface area contributed by atoms with E-state index < -0.39 is 12.6 Å². The van der Waals surface area contributed by atoms with Crippen molar-refractivity contribution < 1.29 is 13.2 Å². The number of rotatable bonds is 6. The van der Waals surface area contributed by atoms with Crippen LogP contribution in [-0.2, 0) is 0 Å². The van der Waals surface area contributed by atoms with Gasteiger partial charge in [0.1, 0.15) is 17.2 Å². The van der Waals surface area contributed by atoms with Crippen LogP contribution in [0.3, 0.4) is 0 Å². The fraction of sp³-hybridized carbons (Fsp3) is 0.600. The lowest BCUT2D eigenvalue weighted by atomic mass is 10.2. The van der Waals surface area contributed by atoms with Crippen LogP contribution in [0, 0.1) is 0 Å². The molecular formula is C10H14F3N3S. The average Bonchev–Trinajstić information content (AvgIpc) is 2.27. The number of aromatic nitrogens is 2. The number of hydrogen-bond donors (Lipinski definition) is 1. The fourth-order valence-corrected chi connectivity index (χ4v) is 1.60. The van der Waals surface area contributed by atoms with Crippen LogP contribution in [0.5, 0.6) is 0 Å². The summed E-state index contributed by atoms with van der Waals surface area (Å²) >= 11 is 1.49. The summed E-state index contributed by atoms with van der Waals surface area (Å²) in [6.45, 7) is 0.487. The summed E-state index contributed by atoms with van der Waals surface area (Å²) < 4.78 is 35.6. The topological polar surface area (TPSA) is 37.8 Å². The van der Waals surface area contributed by atoms with Gasteiger partial charge in [-0.2, -0.15) is 13.2 Å². The number of halogens is 3. The molecule has 1 N–H and O–H groups in total. The summed E-state index contributed by atoms with van der Waals surface area (Å²) in [4.78, 5) is 7.97. The standard InChI is InChI=1S/C10H14F3N3S/c1-17-9-6-8(15-7-16-9)14-5-3-2-4-10(11,12)13/h6-7H,2-5H2,1H3,(H,14,15,16). The van der Waals surface area contributed by atoms with Crippen LogP contribution in [0.1, 0.15) is 19.3 Å². The molecule has 0 radical (unpaired) electrons. The largest absolute Gasteiger partial charge is 0.389 e. The van der Waals surface area contributed by atoms with Crippen LogP contribution in [0.4, 0.5) is 19.0 Å². The first-order chi connectivity index (χ1) is 8.01. The molecule has 0 atom stereocenters. The van der Waals surface area contributed by atoms with Gasteiger partial charge in [0.2, 0.25) is 0 Å². The highest BCUT2D eigenvalue weighted by Crippen LogP contribution is 2.22. The maximum absolute atomic E-state index is 11.9. The molecule has 0 unspecified atom stereocenters. The Hall–Kier alpha value is -0.980. The monoisotopic (exact) mass is 265 g/mol. The molecule has 0 aliphatic heterocycles. The quantitative estimate of drug-likeness (QED) is 0.486. The number of nitrogens with one attached hydrogen (secondary N) is 1. The molecule has 1 aromatic rings. The maximum Gasteiger partial charge on any atom is 0.389 e. The van der Waals surface area contributed by atoms with Crippen molar-refractivity contribution in [2.24, 2.45) is 0 Å². The average molecular weight is 265 g/mol. The first-order valence-corrected chi connectivity index (χ1v) is 6.40. The van der Waals surface area contributed by atoms with E-state index >= 15 is 0 Å². The van der Waals surface area contributed by atoms with E-state index in [1.54, 1.807) is 6.07 Å². The minimum atomic E-state index is -4.05. The summed E-state index contributed by atoms with van der Waals surface area (Å²) in [7, 11) is 0. The van der Waals surface area contributed by atoms with Crippen molar-refractivity contribution in [2.75, 3.05) is 18.1 Å². The van der Waals surface area contributed by atoms with E-state index in [1.807, 2.05) is 6.26 Å². The van der Waals surface area contributed by atoms with Crippen molar-refractivity contribution in [1.29, 1.82) is 0 Å². The minimum Gasteiger partial charge on any atom is -0.370 e. The van der Waals surface area contributed by atoms with E-state index in [4.69, 9.17) is 0 Å². The molecule has 1 aromatic heterocycles. The number of hydrogen-bond acceptors (Lipinski definition) is 4. The SMILES string of the molecule is CSc1cc(NCCCCC(F)(F)F)ncn1. The third kappa shape index (κ3) is 6.35. The lowest BCUT2D eigenvalue weighted by Crippen LogP contribution is -2.09. The molecule has 0 fully saturated rings. The van der Waals surface area contributed by atoms with Gasteiger partial charge in [0, 0.05) is 19.0 Å². The van der Waals surface area contributed by atoms with E-state index in [0.717, 1.165) is 5.03 Å². The molecule has 0 aromatic carbocycles. The smallest absolute Gasteiger partial charge is 0.370 e. The van der Waals surface area contributed by atoms with Gasteiger partial charge in [-0.15, -0.1) is 11.8 Å². The van der Waals surface area contributed by atoms with Gasteiger partial charge in [-0.25, -0.2) is 9.97 Å². The van der Waals surface area contributed by atoms with Gasteiger partial charge in [0.25, 0.3) is 0 Å². The van der Waals surface area contributed by atoms with E-state index in [1.165, 1.54) is 18.1 Å². The molecule has 0 aliphatic carbocycles. The lowest BCUT2D eigenvalue weighted by Gasteiger charge is -2.07. The Morgan fingerprint density at radius 1 is 1.29 bits per heavy atom. The van der Waals surface area contributed by atoms with Gasteiger partial charge in [-0.05, 0) is 19.1 Å². The van der Waals surface area contributed by atoms with Crippen molar-refractivity contribution in [3.05, 3.63) is 12.4 Å². The summed E-state index contributed by atoms with van der Waals surface area (Å²) in [6.07, 6.45) is -0.843. The van der Waals surface area contributed by atoms with Crippen molar-refractivity contribution >= 4 is 17.6 Å². The second-order valence-electron chi connectivity index (χ2n) is 3.44. The van der Waals surface area contributed by atoms with Crippen molar-refractivity contribution in [2.45, 2.75) is 30.5 Å². The zero-order chi connectivity index (χ0) is 12.7. The van der Waals surface area contributed by atoms with Crippen LogP contribution in [-0.4, -0.2) is 28.9 Å². The molecule has 1 heterocycles. The number of unbranched alkanes of at least 4 members (excludes halogenated alkanes) is 1. The summed E-state index contributed by atoms with van der Waals surface area (Å²) in [5.74, 6) is 0.649. The molecule has 0 bridgehead atoms. The van der Waals surface area contributed by atoms with Gasteiger partial charge >= 0.3 is 6.18 Å². The van der Waals surface area contributed by atoms with E-state index in [9.17, 15) is 13.2 Å². The zero-order valence-corrected chi connectivity index (χ0v) is 10.2. The number of alkyl halides is 3. The van der Waals surface area contributed by atoms with Crippen molar-refractivity contribution in [3.8, 4) is 0 Å². The molecule has 0 aliphatic rings. The highest BCUT2D eigenvalue weighted by molar-refractivity contribution is 7.98. The Labute approximate surface area is 102 Å². The second kappa shape index (κ2) is 6.68. The third-order valence-corrected chi connectivity index (χ3v) is 2.69. The predicted octanol–water partition coefficient (Wildman–Crippen LogP) is 3.34. The molecular weight excluding hydrogens is 251 g/mol. The normalized spacial score (nSPS) is 11.5. The van der Waals surface area contributed by atoms with Crippen LogP contribution in [0.2, 0.25) is 0 Å². The summed E-state index contributed by atoms with van der Waals surface area (Å²) in [5.41, 5.74) is 0. The summed E-state index contributed by atoms with van der Waals surface area (Å²) in [6, 6.07) is 1.77. The molecule has 96 valence electrons. The lowest BCUT2D eigenvalue weighted by molar-refractivity contribution is -0.135. The van der Waals surface area contributed by atoms with E-state index in [0.29, 0.717) is 18.8 Å². The molecule has 1 rings (SSSR count). The van der Waals surface area contributed by atoms with Crippen molar-refractivity contribution in [3.63, 3.8) is 0 Å². The van der Waals surface area contributed by atoms with Crippen molar-refractivity contribution in [1.82, 2.24) is 9.97 Å². The number of thioether (sulfide) groups is 1. The van der Waals surface area contributed by atoms with Gasteiger partial charge in [0.15, 0.2) is 0 Å². The highest BCUT2D eigenvalue weighted by Gasteiger charge is 2.25. The Kier molecular flexibility index (Phi) is 5.54. The highest BCUT2D eigenvalue weighted by atomic mass is 32.2. The Balaban J connectivity index is 2.22. The molecule has 7 heteroatoms. The Bertz CT molecular complexity index is 344. The fourth-order valence-electron chi connectivity index (χ4n) is 1.21. The minimum absolute atomic E-state index is 0.136. The van der Waals surface area contributed by atoms with Gasteiger partial charge in [0.05, 0.1) is 0 Å². The zero-order valence-electron chi connectivity index (χ0n) is 9.42. The molecule has 0 saturated heterocycles. The third-order valence-electron chi connectivity index (χ3n) is 2.04. The summed E-state index contributed by atoms with van der Waals surface area (Å²) in [5, 5.41) is 3.81. The van der Waals surface area contributed by atoms with Gasteiger partial charge < -0.3 is 5.32 Å². The maximum atomic E-state index is 11.9. The van der Waals surface area contributed by atoms with Crippen LogP contribution < -0.4 is 5.32 Å². The number of anilines is 1. The molecule has 0 spiro atoms. The van der Waals surface area contributed by atoms with Gasteiger partial charge in [-0.3, -0.25) is 0 Å². The molecule has 0 saturated carbocycles. The number of nitrogens with zero attached hydrogens (tertiary/aromatic N) is 2. The molecule has 0 amide bonds. The Morgan fingerprint density at radius 2 is 2.06 bits per heavy atom. The molecule has 3 nitrogen and oxygen atoms in total. The Morgan fingerprint density at radius 3 is 2.71 bits per heavy atom. The first kappa shape index (κ1) is 14.1. The van der Waals surface area contributed by atoms with Crippen LogP contribution in [0.15, 0.2) is 17.4 Å². The second-order valence-corrected chi connectivity index (χ2v) is 4.27. The van der Waals surface area contributed by atoms with E-state index in [2.05, 4.69) is 15.3 Å². The first-order valence-electron chi connectivity index (χ1n) is 5.18. The van der Waals surface area contributed by atoms with Crippen LogP contribution >= 0.6 is 11.8 Å². The van der Waals surface area contributed by atoms with Crippen LogP contribution in [0.25, 0.3) is 0 Å². The van der Waals surface area contributed by atoms with E-state index in [-0.39, 0.29) is 6.42 Å².